The number of amides is 1. The second-order valence-electron chi connectivity index (χ2n) is 4.64. The monoisotopic (exact) mass is 284 g/mol. The predicted octanol–water partition coefficient (Wildman–Crippen LogP) is 3.06. The number of carbonyl (C=O) groups is 1. The van der Waals surface area contributed by atoms with Crippen LogP contribution in [0.1, 0.15) is 22.8 Å². The van der Waals surface area contributed by atoms with Crippen LogP contribution in [0.15, 0.2) is 48.5 Å². The van der Waals surface area contributed by atoms with Gasteiger partial charge in [0.25, 0.3) is 5.91 Å². The predicted molar refractivity (Wildman–Crippen MR) is 84.8 cm³/mol. The van der Waals surface area contributed by atoms with Crippen LogP contribution in [0.3, 0.4) is 0 Å². The van der Waals surface area contributed by atoms with Crippen molar-refractivity contribution in [1.29, 1.82) is 0 Å². The molecule has 2 rings (SSSR count). The van der Waals surface area contributed by atoms with E-state index in [-0.39, 0.29) is 5.91 Å². The summed E-state index contributed by atoms with van der Waals surface area (Å²) >= 11 is 0. The summed E-state index contributed by atoms with van der Waals surface area (Å²) in [6, 6.07) is 15.4. The molecule has 2 aromatic rings. The zero-order chi connectivity index (χ0) is 15.1. The highest BCUT2D eigenvalue weighted by Crippen LogP contribution is 2.15. The van der Waals surface area contributed by atoms with Gasteiger partial charge in [0, 0.05) is 24.3 Å². The van der Waals surface area contributed by atoms with E-state index < -0.39 is 0 Å². The zero-order valence-corrected chi connectivity index (χ0v) is 12.3. The van der Waals surface area contributed by atoms with Crippen molar-refractivity contribution in [3.63, 3.8) is 0 Å². The molecule has 0 spiro atoms. The fourth-order valence-corrected chi connectivity index (χ4v) is 1.99. The molecule has 0 fully saturated rings. The summed E-state index contributed by atoms with van der Waals surface area (Å²) in [5, 5.41) is 6.10. The molecule has 110 valence electrons. The first-order chi connectivity index (χ1) is 10.2. The molecule has 0 saturated heterocycles. The minimum absolute atomic E-state index is 0.0446. The minimum Gasteiger partial charge on any atom is -0.497 e. The number of methoxy groups -OCH3 is 1. The van der Waals surface area contributed by atoms with Crippen LogP contribution in [-0.2, 0) is 6.54 Å². The molecule has 2 aromatic carbocycles. The lowest BCUT2D eigenvalue weighted by Crippen LogP contribution is -2.22. The van der Waals surface area contributed by atoms with Crippen molar-refractivity contribution >= 4 is 11.6 Å². The molecule has 0 saturated carbocycles. The van der Waals surface area contributed by atoms with E-state index in [9.17, 15) is 4.79 Å². The van der Waals surface area contributed by atoms with Gasteiger partial charge in [0.1, 0.15) is 5.75 Å². The van der Waals surface area contributed by atoms with E-state index in [0.717, 1.165) is 17.0 Å². The molecule has 0 aliphatic heterocycles. The Morgan fingerprint density at radius 1 is 1.14 bits per heavy atom. The summed E-state index contributed by atoms with van der Waals surface area (Å²) in [7, 11) is 1.66. The van der Waals surface area contributed by atoms with E-state index >= 15 is 0 Å². The molecule has 0 radical (unpaired) electrons. The van der Waals surface area contributed by atoms with Gasteiger partial charge in [-0.1, -0.05) is 12.1 Å². The smallest absolute Gasteiger partial charge is 0.251 e. The lowest BCUT2D eigenvalue weighted by Gasteiger charge is -2.09. The maximum atomic E-state index is 11.7. The summed E-state index contributed by atoms with van der Waals surface area (Å²) in [6.07, 6.45) is 0. The Bertz CT molecular complexity index is 594. The lowest BCUT2D eigenvalue weighted by atomic mass is 10.1. The van der Waals surface area contributed by atoms with Crippen molar-refractivity contribution in [2.45, 2.75) is 13.5 Å². The van der Waals surface area contributed by atoms with Crippen molar-refractivity contribution in [3.8, 4) is 5.75 Å². The van der Waals surface area contributed by atoms with Crippen molar-refractivity contribution in [2.24, 2.45) is 0 Å². The highest BCUT2D eigenvalue weighted by Gasteiger charge is 2.03. The van der Waals surface area contributed by atoms with Crippen LogP contribution in [0.4, 0.5) is 5.69 Å². The second kappa shape index (κ2) is 7.33. The van der Waals surface area contributed by atoms with Gasteiger partial charge in [-0.3, -0.25) is 4.79 Å². The first-order valence-corrected chi connectivity index (χ1v) is 6.98. The van der Waals surface area contributed by atoms with Gasteiger partial charge in [-0.2, -0.15) is 0 Å². The molecule has 0 aromatic heterocycles. The van der Waals surface area contributed by atoms with Crippen LogP contribution in [-0.4, -0.2) is 19.6 Å². The van der Waals surface area contributed by atoms with Gasteiger partial charge >= 0.3 is 0 Å². The average molecular weight is 284 g/mol. The molecule has 21 heavy (non-hydrogen) atoms. The Morgan fingerprint density at radius 2 is 1.90 bits per heavy atom. The molecule has 0 aliphatic carbocycles. The van der Waals surface area contributed by atoms with Gasteiger partial charge < -0.3 is 15.4 Å². The number of benzene rings is 2. The fraction of sp³-hybridized carbons (Fsp3) is 0.235. The zero-order valence-electron chi connectivity index (χ0n) is 12.3. The number of hydrogen-bond donors (Lipinski definition) is 2. The van der Waals surface area contributed by atoms with Gasteiger partial charge in [0.15, 0.2) is 0 Å². The number of rotatable bonds is 6. The Hall–Kier alpha value is -2.49. The van der Waals surface area contributed by atoms with E-state index in [2.05, 4.69) is 10.6 Å². The summed E-state index contributed by atoms with van der Waals surface area (Å²) < 4.78 is 5.20. The Kier molecular flexibility index (Phi) is 5.21. The molecule has 0 aliphatic rings. The molecule has 0 heterocycles. The number of ether oxygens (including phenoxy) is 1. The third kappa shape index (κ3) is 4.24. The molecule has 4 heteroatoms. The van der Waals surface area contributed by atoms with E-state index in [1.165, 1.54) is 0 Å². The molecule has 0 unspecified atom stereocenters. The Labute approximate surface area is 125 Å². The molecule has 2 N–H and O–H groups in total. The second-order valence-corrected chi connectivity index (χ2v) is 4.64. The van der Waals surface area contributed by atoms with Crippen LogP contribution >= 0.6 is 0 Å². The highest BCUT2D eigenvalue weighted by molar-refractivity contribution is 5.94. The van der Waals surface area contributed by atoms with Crippen LogP contribution in [0, 0.1) is 0 Å². The standard InChI is InChI=1S/C17H20N2O2/c1-3-18-17(20)14-7-9-15(10-8-14)19-12-13-5-4-6-16(11-13)21-2/h4-11,19H,3,12H2,1-2H3,(H,18,20). The number of anilines is 1. The first kappa shape index (κ1) is 14.9. The van der Waals surface area contributed by atoms with E-state index in [1.54, 1.807) is 7.11 Å². The summed E-state index contributed by atoms with van der Waals surface area (Å²) in [6.45, 7) is 3.24. The van der Waals surface area contributed by atoms with Crippen LogP contribution in [0.5, 0.6) is 5.75 Å². The van der Waals surface area contributed by atoms with E-state index in [0.29, 0.717) is 18.7 Å². The molecular weight excluding hydrogens is 264 g/mol. The van der Waals surface area contributed by atoms with Gasteiger partial charge in [-0.05, 0) is 48.9 Å². The van der Waals surface area contributed by atoms with Gasteiger partial charge in [-0.25, -0.2) is 0 Å². The van der Waals surface area contributed by atoms with Crippen molar-refractivity contribution in [1.82, 2.24) is 5.32 Å². The number of nitrogens with one attached hydrogen (secondary N) is 2. The molecule has 0 atom stereocenters. The maximum Gasteiger partial charge on any atom is 0.251 e. The average Bonchev–Trinajstić information content (AvgIpc) is 2.54. The molecule has 1 amide bonds. The molecule has 4 nitrogen and oxygen atoms in total. The third-order valence-corrected chi connectivity index (χ3v) is 3.12. The SMILES string of the molecule is CCNC(=O)c1ccc(NCc2cccc(OC)c2)cc1. The minimum atomic E-state index is -0.0446. The third-order valence-electron chi connectivity index (χ3n) is 3.12. The van der Waals surface area contributed by atoms with Crippen molar-refractivity contribution in [2.75, 3.05) is 19.0 Å². The largest absolute Gasteiger partial charge is 0.497 e. The summed E-state index contributed by atoms with van der Waals surface area (Å²) in [5.41, 5.74) is 2.79. The van der Waals surface area contributed by atoms with Gasteiger partial charge in [-0.15, -0.1) is 0 Å². The number of hydrogen-bond acceptors (Lipinski definition) is 3. The van der Waals surface area contributed by atoms with E-state index in [1.807, 2.05) is 55.5 Å². The first-order valence-electron chi connectivity index (χ1n) is 6.98. The quantitative estimate of drug-likeness (QED) is 0.857. The van der Waals surface area contributed by atoms with Gasteiger partial charge in [0.2, 0.25) is 0 Å². The van der Waals surface area contributed by atoms with E-state index in [4.69, 9.17) is 4.74 Å². The Morgan fingerprint density at radius 3 is 2.57 bits per heavy atom. The van der Waals surface area contributed by atoms with Crippen LogP contribution in [0.25, 0.3) is 0 Å². The normalized spacial score (nSPS) is 10.0. The van der Waals surface area contributed by atoms with Crippen LogP contribution in [0.2, 0.25) is 0 Å². The molecule has 0 bridgehead atoms. The highest BCUT2D eigenvalue weighted by atomic mass is 16.5. The summed E-state index contributed by atoms with van der Waals surface area (Å²) in [5.74, 6) is 0.803. The topological polar surface area (TPSA) is 50.4 Å². The Balaban J connectivity index is 1.95. The van der Waals surface area contributed by atoms with Crippen molar-refractivity contribution < 1.29 is 9.53 Å². The van der Waals surface area contributed by atoms with Crippen molar-refractivity contribution in [3.05, 3.63) is 59.7 Å². The lowest BCUT2D eigenvalue weighted by molar-refractivity contribution is 0.0956. The number of carbonyl (C=O) groups excluding carboxylic acids is 1. The fourth-order valence-electron chi connectivity index (χ4n) is 1.99. The maximum absolute atomic E-state index is 11.7. The van der Waals surface area contributed by atoms with Gasteiger partial charge in [0.05, 0.1) is 7.11 Å². The summed E-state index contributed by atoms with van der Waals surface area (Å²) in [4.78, 5) is 11.7. The van der Waals surface area contributed by atoms with Crippen LogP contribution < -0.4 is 15.4 Å². The molecular formula is C17H20N2O2.